The van der Waals surface area contributed by atoms with Crippen molar-refractivity contribution in [1.82, 2.24) is 0 Å². The molecule has 89 heavy (non-hydrogen) atoms. The van der Waals surface area contributed by atoms with Gasteiger partial charge in [-0.3, -0.25) is 14.5 Å². The zero-order chi connectivity index (χ0) is 66.9. The van der Waals surface area contributed by atoms with Crippen LogP contribution in [-0.4, -0.2) is 190 Å². The molecule has 1 saturated heterocycles. The molecule has 17 N–H and O–H groups in total. The van der Waals surface area contributed by atoms with Crippen molar-refractivity contribution in [2.24, 2.45) is 39.2 Å². The molecule has 1 aliphatic rings. The standard InChI is InChI=1S/C66H106N4O18S/c1-45(2)70-58(42-55(76)39-51(72)31-26-32-52(73)40-56(77)43-60(80)64-62(87-64)44-57(78)41-53(74)33-25-30-50(71)38-54(75)34-27-37-69-66(67)68)48(5)61(88-89(84,85)86)36-24-20-16-11-9-7-8-10-15-19-23-35-59(79)49(6)63(81)46(3)28-21-17-13-12-14-18-22-29-47(4)65(82)83/h7-12,14-16,18-26,28-29,31,33,35,45-46,48-57,59-64,71-81H,13,17,27,30,32,34,36-44H2,1-6H3,(H,82,83)(H4,67,68,69)(H,84,85,86). The van der Waals surface area contributed by atoms with Gasteiger partial charge in [0.05, 0.1) is 79.4 Å². The number of aliphatic carboxylic acids is 1. The summed E-state index contributed by atoms with van der Waals surface area (Å²) in [5, 5.41) is 125. The minimum Gasteiger partial charge on any atom is -0.478 e. The van der Waals surface area contributed by atoms with Gasteiger partial charge in [-0.1, -0.05) is 161 Å². The highest BCUT2D eigenvalue weighted by Gasteiger charge is 2.45. The molecule has 0 aromatic carbocycles. The van der Waals surface area contributed by atoms with Crippen molar-refractivity contribution in [2.75, 3.05) is 6.54 Å². The van der Waals surface area contributed by atoms with E-state index in [4.69, 9.17) is 25.5 Å². The number of hydrogen-bond acceptors (Lipinski definition) is 18. The molecule has 504 valence electrons. The number of aliphatic hydroxyl groups excluding tert-OH is 11. The molecule has 0 amide bonds. The Kier molecular flexibility index (Phi) is 42.9. The minimum absolute atomic E-state index is 0.0212. The maximum absolute atomic E-state index is 11.9. The van der Waals surface area contributed by atoms with Crippen LogP contribution in [0.3, 0.4) is 0 Å². The first-order chi connectivity index (χ1) is 42.0. The Hall–Kier alpha value is -5.32. The van der Waals surface area contributed by atoms with Crippen LogP contribution in [0.25, 0.3) is 0 Å². The summed E-state index contributed by atoms with van der Waals surface area (Å²) in [5.74, 6) is -2.29. The lowest BCUT2D eigenvalue weighted by molar-refractivity contribution is -0.132. The summed E-state index contributed by atoms with van der Waals surface area (Å²) in [6.07, 6.45) is 29.0. The monoisotopic (exact) mass is 1270 g/mol. The van der Waals surface area contributed by atoms with Crippen molar-refractivity contribution in [3.63, 3.8) is 0 Å². The number of unbranched alkanes of at least 4 members (excludes halogenated alkanes) is 1. The molecule has 22 nitrogen and oxygen atoms in total. The number of carbonyl (C=O) groups is 1. The summed E-state index contributed by atoms with van der Waals surface area (Å²) < 4.78 is 44.1. The molecule has 1 aliphatic heterocycles. The predicted molar refractivity (Wildman–Crippen MR) is 348 cm³/mol. The maximum atomic E-state index is 11.9. The number of ether oxygens (including phenoxy) is 1. The Bertz CT molecular complexity index is 2530. The largest absolute Gasteiger partial charge is 0.478 e. The predicted octanol–water partition coefficient (Wildman–Crippen LogP) is 5.55. The van der Waals surface area contributed by atoms with Gasteiger partial charge in [-0.05, 0) is 78.6 Å². The normalized spacial score (nSPS) is 21.2. The number of hydrogen-bond donors (Lipinski definition) is 15. The van der Waals surface area contributed by atoms with Crippen LogP contribution in [0.15, 0.2) is 155 Å². The van der Waals surface area contributed by atoms with Crippen molar-refractivity contribution in [1.29, 1.82) is 0 Å². The number of epoxide rings is 1. The molecule has 17 unspecified atom stereocenters. The fourth-order valence-electron chi connectivity index (χ4n) is 9.21. The SMILES string of the molecule is CC(=CC=CC=CCCC=CC(C)C(O)C(C)C(O)C=CC=CC=CC=CC=CC=CCC(OS(=O)(=O)O)C(C)C(CC(O)CC(O)C=CCC(O)CC(O)CC(O)C1OC1CC(O)CC(O)C=CCC(O)CC(O)CCCN=C(N)N)=NC(C)C)C(=O)O. The Morgan fingerprint density at radius 1 is 0.607 bits per heavy atom. The van der Waals surface area contributed by atoms with E-state index in [0.29, 0.717) is 25.1 Å². The number of aliphatic hydroxyl groups is 11. The third-order valence-corrected chi connectivity index (χ3v) is 14.8. The number of allylic oxidation sites excluding steroid dienone is 16. The molecule has 0 aliphatic carbocycles. The summed E-state index contributed by atoms with van der Waals surface area (Å²) in [6, 6.07) is -0.262. The van der Waals surface area contributed by atoms with Crippen LogP contribution >= 0.6 is 0 Å². The lowest BCUT2D eigenvalue weighted by atomic mass is 9.88. The van der Waals surface area contributed by atoms with E-state index < -0.39 is 114 Å². The van der Waals surface area contributed by atoms with Crippen LogP contribution in [0.2, 0.25) is 0 Å². The second-order valence-electron chi connectivity index (χ2n) is 23.0. The molecule has 1 fully saturated rings. The van der Waals surface area contributed by atoms with Gasteiger partial charge in [-0.2, -0.15) is 8.42 Å². The number of carboxylic acids is 1. The van der Waals surface area contributed by atoms with Gasteiger partial charge in [-0.25, -0.2) is 8.98 Å². The van der Waals surface area contributed by atoms with Gasteiger partial charge in [0.1, 0.15) is 6.10 Å². The van der Waals surface area contributed by atoms with Gasteiger partial charge in [0.2, 0.25) is 0 Å². The van der Waals surface area contributed by atoms with E-state index in [1.165, 1.54) is 31.2 Å². The Morgan fingerprint density at radius 2 is 1.15 bits per heavy atom. The van der Waals surface area contributed by atoms with E-state index in [1.54, 1.807) is 119 Å². The van der Waals surface area contributed by atoms with Gasteiger partial charge >= 0.3 is 16.4 Å². The Labute approximate surface area is 527 Å². The number of carboxylic acid groups (broad SMARTS) is 1. The fourth-order valence-corrected chi connectivity index (χ4v) is 9.77. The maximum Gasteiger partial charge on any atom is 0.397 e. The van der Waals surface area contributed by atoms with Crippen molar-refractivity contribution in [2.45, 2.75) is 223 Å². The van der Waals surface area contributed by atoms with E-state index in [1.807, 2.05) is 31.2 Å². The molecule has 1 rings (SSSR count). The van der Waals surface area contributed by atoms with E-state index >= 15 is 0 Å². The van der Waals surface area contributed by atoms with Crippen molar-refractivity contribution < 1.29 is 88.0 Å². The van der Waals surface area contributed by atoms with Crippen LogP contribution in [0, 0.1) is 17.8 Å². The van der Waals surface area contributed by atoms with Gasteiger partial charge in [0.25, 0.3) is 0 Å². The van der Waals surface area contributed by atoms with Gasteiger partial charge in [-0.15, -0.1) is 0 Å². The summed E-state index contributed by atoms with van der Waals surface area (Å²) in [7, 11) is -4.89. The van der Waals surface area contributed by atoms with E-state index in [2.05, 4.69) is 9.98 Å². The third-order valence-electron chi connectivity index (χ3n) is 14.3. The molecule has 1 heterocycles. The van der Waals surface area contributed by atoms with E-state index in [0.717, 1.165) is 12.8 Å². The molecule has 23 heteroatoms. The van der Waals surface area contributed by atoms with Gasteiger partial charge in [0, 0.05) is 73.7 Å². The second kappa shape index (κ2) is 46.7. The molecule has 0 saturated carbocycles. The molecule has 0 bridgehead atoms. The molecular weight excluding hydrogens is 1170 g/mol. The molecule has 0 aromatic heterocycles. The lowest BCUT2D eigenvalue weighted by Crippen LogP contribution is -2.33. The van der Waals surface area contributed by atoms with Gasteiger partial charge < -0.3 is 77.5 Å². The summed E-state index contributed by atoms with van der Waals surface area (Å²) >= 11 is 0. The molecular formula is C66H106N4O18S. The smallest absolute Gasteiger partial charge is 0.397 e. The van der Waals surface area contributed by atoms with Crippen LogP contribution in [0.5, 0.6) is 0 Å². The van der Waals surface area contributed by atoms with E-state index in [9.17, 15) is 73.9 Å². The number of guanidine groups is 1. The minimum atomic E-state index is -4.89. The zero-order valence-corrected chi connectivity index (χ0v) is 53.4. The average Bonchev–Trinajstić information content (AvgIpc) is 1.89. The quantitative estimate of drug-likeness (QED) is 0.00518. The third kappa shape index (κ3) is 42.4. The van der Waals surface area contributed by atoms with Crippen LogP contribution < -0.4 is 11.5 Å². The van der Waals surface area contributed by atoms with Gasteiger partial charge in [0.15, 0.2) is 5.96 Å². The summed E-state index contributed by atoms with van der Waals surface area (Å²) in [5.41, 5.74) is 11.2. The molecule has 17 atom stereocenters. The zero-order valence-electron chi connectivity index (χ0n) is 52.6. The molecule has 0 spiro atoms. The topological polar surface area (TPSA) is 413 Å². The average molecular weight is 1280 g/mol. The second-order valence-corrected chi connectivity index (χ2v) is 24.0. The summed E-state index contributed by atoms with van der Waals surface area (Å²) in [6.45, 7) is 10.8. The fraction of sp³-hybridized carbons (Fsp3) is 0.591. The number of nitrogens with zero attached hydrogens (tertiary/aromatic N) is 2. The highest BCUT2D eigenvalue weighted by atomic mass is 32.3. The molecule has 0 aromatic rings. The highest BCUT2D eigenvalue weighted by molar-refractivity contribution is 7.80. The number of aliphatic imine (C=N–C) groups is 2. The first kappa shape index (κ1) is 81.7. The number of nitrogens with two attached hydrogens (primary N) is 2. The van der Waals surface area contributed by atoms with E-state index in [-0.39, 0.29) is 87.7 Å². The van der Waals surface area contributed by atoms with Crippen LogP contribution in [0.1, 0.15) is 131 Å². The van der Waals surface area contributed by atoms with Crippen molar-refractivity contribution in [3.8, 4) is 0 Å². The first-order valence-electron chi connectivity index (χ1n) is 30.6. The molecule has 0 radical (unpaired) electrons. The first-order valence-corrected chi connectivity index (χ1v) is 32.0. The summed E-state index contributed by atoms with van der Waals surface area (Å²) in [4.78, 5) is 19.3. The van der Waals surface area contributed by atoms with Crippen molar-refractivity contribution >= 4 is 28.0 Å². The Balaban J connectivity index is 2.59. The van der Waals surface area contributed by atoms with Crippen LogP contribution in [0.4, 0.5) is 0 Å². The number of rotatable bonds is 48. The van der Waals surface area contributed by atoms with Crippen LogP contribution in [-0.2, 0) is 24.1 Å². The van der Waals surface area contributed by atoms with Crippen molar-refractivity contribution in [3.05, 3.63) is 145 Å². The Morgan fingerprint density at radius 3 is 1.72 bits per heavy atom. The lowest BCUT2D eigenvalue weighted by Gasteiger charge is -2.25. The highest BCUT2D eigenvalue weighted by Crippen LogP contribution is 2.33.